The summed E-state index contributed by atoms with van der Waals surface area (Å²) in [5.41, 5.74) is 7.67. The maximum absolute atomic E-state index is 12.0. The summed E-state index contributed by atoms with van der Waals surface area (Å²) in [6.45, 7) is 0.860. The van der Waals surface area contributed by atoms with Crippen LogP contribution in [0.1, 0.15) is 21.5 Å². The Morgan fingerprint density at radius 1 is 1.15 bits per heavy atom. The molecule has 4 nitrogen and oxygen atoms in total. The first-order valence-corrected chi connectivity index (χ1v) is 6.52. The molecule has 0 aliphatic carbocycles. The molecule has 0 aromatic heterocycles. The van der Waals surface area contributed by atoms with Crippen molar-refractivity contribution in [2.45, 2.75) is 13.1 Å². The lowest BCUT2D eigenvalue weighted by Crippen LogP contribution is -2.22. The van der Waals surface area contributed by atoms with Crippen LogP contribution in [0.5, 0.6) is 5.75 Å². The van der Waals surface area contributed by atoms with Gasteiger partial charge in [-0.2, -0.15) is 0 Å². The number of nitrogens with two attached hydrogens (primary N) is 1. The zero-order valence-electron chi connectivity index (χ0n) is 10.8. The highest BCUT2D eigenvalue weighted by atomic mass is 35.5. The van der Waals surface area contributed by atoms with E-state index in [1.165, 1.54) is 18.2 Å². The van der Waals surface area contributed by atoms with Crippen LogP contribution in [-0.2, 0) is 13.1 Å². The van der Waals surface area contributed by atoms with Crippen molar-refractivity contribution in [3.63, 3.8) is 0 Å². The second-order valence-electron chi connectivity index (χ2n) is 4.36. The van der Waals surface area contributed by atoms with Crippen LogP contribution in [0.25, 0.3) is 0 Å². The number of carbonyl (C=O) groups is 1. The van der Waals surface area contributed by atoms with Gasteiger partial charge in [-0.3, -0.25) is 4.79 Å². The molecule has 2 aromatic rings. The van der Waals surface area contributed by atoms with Crippen molar-refractivity contribution < 1.29 is 9.90 Å². The van der Waals surface area contributed by atoms with Gasteiger partial charge in [0.1, 0.15) is 5.75 Å². The second kappa shape index (κ2) is 6.41. The summed E-state index contributed by atoms with van der Waals surface area (Å²) in [7, 11) is 0. The minimum atomic E-state index is -0.368. The second-order valence-corrected chi connectivity index (χ2v) is 4.80. The fourth-order valence-corrected chi connectivity index (χ4v) is 1.93. The van der Waals surface area contributed by atoms with Crippen LogP contribution in [-0.4, -0.2) is 11.0 Å². The molecule has 20 heavy (non-hydrogen) atoms. The molecule has 0 saturated heterocycles. The number of benzene rings is 2. The van der Waals surface area contributed by atoms with E-state index in [2.05, 4.69) is 5.32 Å². The van der Waals surface area contributed by atoms with Crippen LogP contribution < -0.4 is 11.1 Å². The molecule has 0 aliphatic heterocycles. The first-order valence-electron chi connectivity index (χ1n) is 6.15. The van der Waals surface area contributed by atoms with Gasteiger partial charge in [0.05, 0.1) is 5.56 Å². The van der Waals surface area contributed by atoms with Crippen molar-refractivity contribution in [1.29, 1.82) is 0 Å². The number of amides is 1. The van der Waals surface area contributed by atoms with Crippen LogP contribution in [0, 0.1) is 0 Å². The van der Waals surface area contributed by atoms with E-state index in [-0.39, 0.29) is 17.2 Å². The van der Waals surface area contributed by atoms with Gasteiger partial charge in [0.25, 0.3) is 5.91 Å². The Labute approximate surface area is 122 Å². The first kappa shape index (κ1) is 14.4. The molecule has 0 aliphatic rings. The fourth-order valence-electron chi connectivity index (χ4n) is 1.76. The minimum absolute atomic E-state index is 0.0922. The smallest absolute Gasteiger partial charge is 0.255 e. The average Bonchev–Trinajstić information content (AvgIpc) is 2.47. The van der Waals surface area contributed by atoms with Crippen molar-refractivity contribution >= 4 is 17.5 Å². The number of hydrogen-bond acceptors (Lipinski definition) is 3. The Balaban J connectivity index is 2.02. The van der Waals surface area contributed by atoms with Gasteiger partial charge in [0.2, 0.25) is 0 Å². The first-order chi connectivity index (χ1) is 9.60. The fraction of sp³-hybridized carbons (Fsp3) is 0.133. The normalized spacial score (nSPS) is 10.3. The molecule has 0 radical (unpaired) electrons. The molecule has 1 amide bonds. The Bertz CT molecular complexity index is 612. The summed E-state index contributed by atoms with van der Waals surface area (Å²) in [4.78, 5) is 12.0. The van der Waals surface area contributed by atoms with E-state index in [9.17, 15) is 9.90 Å². The summed E-state index contributed by atoms with van der Waals surface area (Å²) < 4.78 is 0. The molecule has 2 aromatic carbocycles. The summed E-state index contributed by atoms with van der Waals surface area (Å²) >= 11 is 5.81. The van der Waals surface area contributed by atoms with Crippen LogP contribution >= 0.6 is 11.6 Å². The molecule has 0 unspecified atom stereocenters. The van der Waals surface area contributed by atoms with Crippen molar-refractivity contribution in [3.8, 4) is 5.75 Å². The lowest BCUT2D eigenvalue weighted by molar-refractivity contribution is 0.0948. The largest absolute Gasteiger partial charge is 0.507 e. The number of aromatic hydroxyl groups is 1. The van der Waals surface area contributed by atoms with Crippen LogP contribution in [0.3, 0.4) is 0 Å². The van der Waals surface area contributed by atoms with Crippen LogP contribution in [0.15, 0.2) is 42.5 Å². The Kier molecular flexibility index (Phi) is 4.61. The molecule has 0 bridgehead atoms. The standard InChI is InChI=1S/C15H15ClN2O2/c16-12-5-6-14(19)13(7-12)15(20)18-9-11-3-1-10(8-17)2-4-11/h1-7,19H,8-9,17H2,(H,18,20). The average molecular weight is 291 g/mol. The van der Waals surface area contributed by atoms with E-state index in [0.29, 0.717) is 18.1 Å². The maximum atomic E-state index is 12.0. The van der Waals surface area contributed by atoms with Crippen LogP contribution in [0.2, 0.25) is 5.02 Å². The van der Waals surface area contributed by atoms with Crippen molar-refractivity contribution in [1.82, 2.24) is 5.32 Å². The van der Waals surface area contributed by atoms with E-state index in [4.69, 9.17) is 17.3 Å². The monoisotopic (exact) mass is 290 g/mol. The van der Waals surface area contributed by atoms with Gasteiger partial charge in [-0.15, -0.1) is 0 Å². The topological polar surface area (TPSA) is 75.3 Å². The third-order valence-corrected chi connectivity index (χ3v) is 3.15. The highest BCUT2D eigenvalue weighted by Crippen LogP contribution is 2.21. The number of rotatable bonds is 4. The summed E-state index contributed by atoms with van der Waals surface area (Å²) in [6.07, 6.45) is 0. The predicted molar refractivity (Wildman–Crippen MR) is 78.6 cm³/mol. The number of nitrogens with one attached hydrogen (secondary N) is 1. The molecule has 0 saturated carbocycles. The third-order valence-electron chi connectivity index (χ3n) is 2.91. The molecule has 5 heteroatoms. The lowest BCUT2D eigenvalue weighted by Gasteiger charge is -2.08. The summed E-state index contributed by atoms with van der Waals surface area (Å²) in [5, 5.41) is 12.8. The van der Waals surface area contributed by atoms with Gasteiger partial charge in [0, 0.05) is 18.1 Å². The predicted octanol–water partition coefficient (Wildman–Crippen LogP) is 2.43. The van der Waals surface area contributed by atoms with Crippen LogP contribution in [0.4, 0.5) is 0 Å². The van der Waals surface area contributed by atoms with Gasteiger partial charge in [-0.05, 0) is 29.3 Å². The molecule has 0 fully saturated rings. The SMILES string of the molecule is NCc1ccc(CNC(=O)c2cc(Cl)ccc2O)cc1. The van der Waals surface area contributed by atoms with Crippen molar-refractivity contribution in [3.05, 3.63) is 64.2 Å². The lowest BCUT2D eigenvalue weighted by atomic mass is 10.1. The highest BCUT2D eigenvalue weighted by Gasteiger charge is 2.11. The number of phenols is 1. The highest BCUT2D eigenvalue weighted by molar-refractivity contribution is 6.31. The molecule has 2 rings (SSSR count). The van der Waals surface area contributed by atoms with Gasteiger partial charge in [0.15, 0.2) is 0 Å². The zero-order valence-corrected chi connectivity index (χ0v) is 11.5. The third kappa shape index (κ3) is 3.50. The van der Waals surface area contributed by atoms with Crippen molar-refractivity contribution in [2.24, 2.45) is 5.73 Å². The molecule has 4 N–H and O–H groups in total. The van der Waals surface area contributed by atoms with E-state index in [0.717, 1.165) is 11.1 Å². The van der Waals surface area contributed by atoms with Gasteiger partial charge in [-0.1, -0.05) is 35.9 Å². The molecular formula is C15H15ClN2O2. The molecule has 0 heterocycles. The number of hydrogen-bond donors (Lipinski definition) is 3. The van der Waals surface area contributed by atoms with E-state index in [1.807, 2.05) is 24.3 Å². The van der Waals surface area contributed by atoms with E-state index in [1.54, 1.807) is 0 Å². The quantitative estimate of drug-likeness (QED) is 0.809. The Hall–Kier alpha value is -2.04. The van der Waals surface area contributed by atoms with E-state index < -0.39 is 0 Å². The molecule has 0 atom stereocenters. The van der Waals surface area contributed by atoms with Crippen molar-refractivity contribution in [2.75, 3.05) is 0 Å². The number of phenolic OH excluding ortho intramolecular Hbond substituents is 1. The van der Waals surface area contributed by atoms with Gasteiger partial charge in [-0.25, -0.2) is 0 Å². The number of halogens is 1. The minimum Gasteiger partial charge on any atom is -0.507 e. The summed E-state index contributed by atoms with van der Waals surface area (Å²) in [5.74, 6) is -0.460. The maximum Gasteiger partial charge on any atom is 0.255 e. The molecule has 0 spiro atoms. The Morgan fingerprint density at radius 3 is 2.45 bits per heavy atom. The van der Waals surface area contributed by atoms with Gasteiger partial charge >= 0.3 is 0 Å². The molecule has 104 valence electrons. The summed E-state index contributed by atoms with van der Waals surface area (Å²) in [6, 6.07) is 12.0. The molecular weight excluding hydrogens is 276 g/mol. The van der Waals surface area contributed by atoms with Gasteiger partial charge < -0.3 is 16.2 Å². The number of carbonyl (C=O) groups excluding carboxylic acids is 1. The zero-order chi connectivity index (χ0) is 14.5. The van der Waals surface area contributed by atoms with E-state index >= 15 is 0 Å². The Morgan fingerprint density at radius 2 is 1.80 bits per heavy atom.